The Kier molecular flexibility index (Phi) is 6.65. The van der Waals surface area contributed by atoms with E-state index in [0.29, 0.717) is 38.8 Å². The van der Waals surface area contributed by atoms with E-state index in [2.05, 4.69) is 23.3 Å². The number of piperazine rings is 1. The molecule has 168 valence electrons. The molecule has 31 heavy (non-hydrogen) atoms. The van der Waals surface area contributed by atoms with Gasteiger partial charge in [0, 0.05) is 49.2 Å². The summed E-state index contributed by atoms with van der Waals surface area (Å²) in [5.41, 5.74) is 3.88. The lowest BCUT2D eigenvalue weighted by molar-refractivity contribution is 0.0901. The van der Waals surface area contributed by atoms with Gasteiger partial charge in [0.15, 0.2) is 5.78 Å². The van der Waals surface area contributed by atoms with Crippen LogP contribution in [0.25, 0.3) is 0 Å². The molecule has 0 unspecified atom stereocenters. The van der Waals surface area contributed by atoms with E-state index < -0.39 is 10.0 Å². The molecule has 7 heteroatoms. The van der Waals surface area contributed by atoms with Crippen molar-refractivity contribution in [3.8, 4) is 0 Å². The van der Waals surface area contributed by atoms with Crippen molar-refractivity contribution in [1.82, 2.24) is 13.8 Å². The minimum absolute atomic E-state index is 0.0277. The number of ketones is 1. The number of hydrogen-bond donors (Lipinski definition) is 0. The van der Waals surface area contributed by atoms with Crippen LogP contribution >= 0.6 is 0 Å². The maximum Gasteiger partial charge on any atom is 0.218 e. The third kappa shape index (κ3) is 4.94. The summed E-state index contributed by atoms with van der Waals surface area (Å²) in [5.74, 6) is 0.165. The first-order valence-corrected chi connectivity index (χ1v) is 12.9. The predicted octanol–water partition coefficient (Wildman–Crippen LogP) is 3.55. The summed E-state index contributed by atoms with van der Waals surface area (Å²) >= 11 is 0. The summed E-state index contributed by atoms with van der Waals surface area (Å²) in [6.45, 7) is 6.54. The quantitative estimate of drug-likeness (QED) is 0.614. The number of benzene rings is 1. The number of aromatic nitrogens is 1. The summed E-state index contributed by atoms with van der Waals surface area (Å²) in [6.07, 6.45) is 4.93. The van der Waals surface area contributed by atoms with Gasteiger partial charge in [-0.2, -0.15) is 4.31 Å². The molecule has 0 atom stereocenters. The van der Waals surface area contributed by atoms with Crippen LogP contribution in [0.3, 0.4) is 0 Å². The average molecular weight is 444 g/mol. The molecule has 2 fully saturated rings. The Morgan fingerprint density at radius 1 is 1.00 bits per heavy atom. The standard InChI is InChI=1S/C24H33N3O3S/c1-19-16-23(20(2)27(19)22-10-6-7-11-22)24(28)17-25-12-14-26(15-13-25)31(29,30)18-21-8-4-3-5-9-21/h3-5,8-9,16,22H,6-7,10-15,17-18H2,1-2H3. The van der Waals surface area contributed by atoms with Crippen molar-refractivity contribution in [2.75, 3.05) is 32.7 Å². The lowest BCUT2D eigenvalue weighted by atomic mass is 10.1. The molecule has 1 aliphatic carbocycles. The number of rotatable bonds is 7. The van der Waals surface area contributed by atoms with E-state index >= 15 is 0 Å². The molecular formula is C24H33N3O3S. The maximum atomic E-state index is 13.0. The number of nitrogens with zero attached hydrogens (tertiary/aromatic N) is 3. The lowest BCUT2D eigenvalue weighted by Gasteiger charge is -2.33. The largest absolute Gasteiger partial charge is 0.345 e. The fourth-order valence-electron chi connectivity index (χ4n) is 5.11. The molecule has 1 aromatic heterocycles. The van der Waals surface area contributed by atoms with E-state index in [1.54, 1.807) is 4.31 Å². The number of hydrogen-bond acceptors (Lipinski definition) is 4. The molecule has 2 aromatic rings. The lowest BCUT2D eigenvalue weighted by Crippen LogP contribution is -2.50. The highest BCUT2D eigenvalue weighted by Crippen LogP contribution is 2.33. The van der Waals surface area contributed by atoms with Crippen LogP contribution < -0.4 is 0 Å². The van der Waals surface area contributed by atoms with Crippen LogP contribution in [-0.4, -0.2) is 60.7 Å². The molecule has 2 heterocycles. The summed E-state index contributed by atoms with van der Waals surface area (Å²) in [4.78, 5) is 15.1. The molecule has 1 aliphatic heterocycles. The van der Waals surface area contributed by atoms with Gasteiger partial charge in [-0.05, 0) is 38.3 Å². The van der Waals surface area contributed by atoms with Crippen LogP contribution in [0.4, 0.5) is 0 Å². The summed E-state index contributed by atoms with van der Waals surface area (Å²) in [5, 5.41) is 0. The second-order valence-corrected chi connectivity index (χ2v) is 10.9. The van der Waals surface area contributed by atoms with Gasteiger partial charge in [0.05, 0.1) is 12.3 Å². The van der Waals surface area contributed by atoms with Gasteiger partial charge >= 0.3 is 0 Å². The second-order valence-electron chi connectivity index (χ2n) is 8.93. The van der Waals surface area contributed by atoms with Crippen molar-refractivity contribution >= 4 is 15.8 Å². The van der Waals surface area contributed by atoms with E-state index in [1.165, 1.54) is 31.4 Å². The zero-order valence-corrected chi connectivity index (χ0v) is 19.4. The van der Waals surface area contributed by atoms with Crippen LogP contribution in [0.15, 0.2) is 36.4 Å². The SMILES string of the molecule is Cc1cc(C(=O)CN2CCN(S(=O)(=O)Cc3ccccc3)CC2)c(C)n1C1CCCC1. The van der Waals surface area contributed by atoms with Crippen molar-refractivity contribution in [3.63, 3.8) is 0 Å². The molecule has 1 saturated carbocycles. The van der Waals surface area contributed by atoms with Gasteiger partial charge in [-0.3, -0.25) is 9.69 Å². The molecule has 0 bridgehead atoms. The van der Waals surface area contributed by atoms with Gasteiger partial charge in [0.1, 0.15) is 0 Å². The van der Waals surface area contributed by atoms with Crippen molar-refractivity contribution in [2.45, 2.75) is 51.3 Å². The van der Waals surface area contributed by atoms with Crippen molar-refractivity contribution in [2.24, 2.45) is 0 Å². The molecule has 1 saturated heterocycles. The predicted molar refractivity (Wildman–Crippen MR) is 123 cm³/mol. The molecule has 4 rings (SSSR count). The van der Waals surface area contributed by atoms with Gasteiger partial charge in [-0.25, -0.2) is 8.42 Å². The smallest absolute Gasteiger partial charge is 0.218 e. The fourth-order valence-corrected chi connectivity index (χ4v) is 6.63. The zero-order valence-electron chi connectivity index (χ0n) is 18.6. The molecule has 2 aliphatic rings. The first-order valence-electron chi connectivity index (χ1n) is 11.3. The van der Waals surface area contributed by atoms with Crippen LogP contribution in [0.2, 0.25) is 0 Å². The summed E-state index contributed by atoms with van der Waals surface area (Å²) in [6, 6.07) is 11.9. The third-order valence-corrected chi connectivity index (χ3v) is 8.61. The molecule has 6 nitrogen and oxygen atoms in total. The zero-order chi connectivity index (χ0) is 22.0. The van der Waals surface area contributed by atoms with Crippen molar-refractivity contribution < 1.29 is 13.2 Å². The van der Waals surface area contributed by atoms with E-state index in [-0.39, 0.29) is 11.5 Å². The average Bonchev–Trinajstić information content (AvgIpc) is 3.36. The molecule has 0 N–H and O–H groups in total. The Balaban J connectivity index is 1.35. The van der Waals surface area contributed by atoms with Crippen molar-refractivity contribution in [1.29, 1.82) is 0 Å². The molecular weight excluding hydrogens is 410 g/mol. The number of carbonyl (C=O) groups is 1. The second kappa shape index (κ2) is 9.27. The van der Waals surface area contributed by atoms with Crippen LogP contribution in [0.5, 0.6) is 0 Å². The third-order valence-electron chi connectivity index (χ3n) is 6.76. The molecule has 1 aromatic carbocycles. The topological polar surface area (TPSA) is 62.6 Å². The van der Waals surface area contributed by atoms with Gasteiger partial charge in [0.2, 0.25) is 10.0 Å². The van der Waals surface area contributed by atoms with Gasteiger partial charge in [-0.1, -0.05) is 43.2 Å². The van der Waals surface area contributed by atoms with E-state index in [0.717, 1.165) is 16.8 Å². The number of sulfonamides is 1. The molecule has 0 spiro atoms. The maximum absolute atomic E-state index is 13.0. The first kappa shape index (κ1) is 22.2. The van der Waals surface area contributed by atoms with E-state index in [4.69, 9.17) is 0 Å². The Morgan fingerprint density at radius 2 is 1.65 bits per heavy atom. The normalized spacial score (nSPS) is 19.2. The van der Waals surface area contributed by atoms with Crippen molar-refractivity contribution in [3.05, 3.63) is 58.9 Å². The summed E-state index contributed by atoms with van der Waals surface area (Å²) < 4.78 is 29.4. The Labute approximate surface area is 185 Å². The van der Waals surface area contributed by atoms with Crippen LogP contribution in [0.1, 0.15) is 59.0 Å². The highest BCUT2D eigenvalue weighted by atomic mass is 32.2. The van der Waals surface area contributed by atoms with Crippen LogP contribution in [-0.2, 0) is 15.8 Å². The minimum Gasteiger partial charge on any atom is -0.345 e. The molecule has 0 amide bonds. The Bertz CT molecular complexity index is 1020. The Morgan fingerprint density at radius 3 is 2.29 bits per heavy atom. The Hall–Kier alpha value is -1.96. The monoisotopic (exact) mass is 443 g/mol. The number of Topliss-reactive ketones (excluding diaryl/α,β-unsaturated/α-hetero) is 1. The highest BCUT2D eigenvalue weighted by molar-refractivity contribution is 7.88. The first-order chi connectivity index (χ1) is 14.8. The van der Waals surface area contributed by atoms with Gasteiger partial charge in [-0.15, -0.1) is 0 Å². The van der Waals surface area contributed by atoms with E-state index in [9.17, 15) is 13.2 Å². The minimum atomic E-state index is -3.34. The van der Waals surface area contributed by atoms with Gasteiger partial charge in [0.25, 0.3) is 0 Å². The van der Waals surface area contributed by atoms with Crippen LogP contribution in [0, 0.1) is 13.8 Å². The molecule has 0 radical (unpaired) electrons. The van der Waals surface area contributed by atoms with E-state index in [1.807, 2.05) is 36.4 Å². The number of carbonyl (C=O) groups excluding carboxylic acids is 1. The highest BCUT2D eigenvalue weighted by Gasteiger charge is 2.29. The summed E-state index contributed by atoms with van der Waals surface area (Å²) in [7, 11) is -3.34. The number of aryl methyl sites for hydroxylation is 1. The fraction of sp³-hybridized carbons (Fsp3) is 0.542. The van der Waals surface area contributed by atoms with Gasteiger partial charge < -0.3 is 4.57 Å².